The predicted octanol–water partition coefficient (Wildman–Crippen LogP) is 1.19. The SMILES string of the molecule is CC(O)Cc1cn(-c2ccccc2)nn1. The molecule has 15 heavy (non-hydrogen) atoms. The van der Waals surface area contributed by atoms with Crippen LogP contribution in [0.4, 0.5) is 0 Å². The molecule has 0 bridgehead atoms. The van der Waals surface area contributed by atoms with Gasteiger partial charge >= 0.3 is 0 Å². The summed E-state index contributed by atoms with van der Waals surface area (Å²) in [7, 11) is 0. The van der Waals surface area contributed by atoms with Gasteiger partial charge in [-0.15, -0.1) is 5.10 Å². The molecule has 1 atom stereocenters. The number of aliphatic hydroxyl groups excluding tert-OH is 1. The Morgan fingerprint density at radius 2 is 2.07 bits per heavy atom. The quantitative estimate of drug-likeness (QED) is 0.815. The van der Waals surface area contributed by atoms with Crippen LogP contribution in [0.1, 0.15) is 12.6 Å². The number of aromatic nitrogens is 3. The standard InChI is InChI=1S/C11H13N3O/c1-9(15)7-10-8-14(13-12-10)11-5-3-2-4-6-11/h2-6,8-9,15H,7H2,1H3. The summed E-state index contributed by atoms with van der Waals surface area (Å²) in [5, 5.41) is 17.2. The second-order valence-electron chi connectivity index (χ2n) is 3.54. The second-order valence-corrected chi connectivity index (χ2v) is 3.54. The lowest BCUT2D eigenvalue weighted by molar-refractivity contribution is 0.194. The van der Waals surface area contributed by atoms with Crippen molar-refractivity contribution in [2.75, 3.05) is 0 Å². The topological polar surface area (TPSA) is 50.9 Å². The van der Waals surface area contributed by atoms with Gasteiger partial charge in [0.25, 0.3) is 0 Å². The molecule has 2 aromatic rings. The van der Waals surface area contributed by atoms with Crippen molar-refractivity contribution in [2.24, 2.45) is 0 Å². The van der Waals surface area contributed by atoms with Crippen LogP contribution in [0, 0.1) is 0 Å². The Morgan fingerprint density at radius 3 is 2.73 bits per heavy atom. The maximum absolute atomic E-state index is 9.21. The molecule has 0 amide bonds. The third-order valence-electron chi connectivity index (χ3n) is 2.07. The molecule has 0 aliphatic carbocycles. The van der Waals surface area contributed by atoms with Gasteiger partial charge in [0.1, 0.15) is 0 Å². The van der Waals surface area contributed by atoms with Crippen molar-refractivity contribution < 1.29 is 5.11 Å². The maximum atomic E-state index is 9.21. The van der Waals surface area contributed by atoms with Crippen molar-refractivity contribution in [3.05, 3.63) is 42.2 Å². The van der Waals surface area contributed by atoms with Crippen LogP contribution in [0.5, 0.6) is 0 Å². The van der Waals surface area contributed by atoms with Crippen LogP contribution in [0.2, 0.25) is 0 Å². The highest BCUT2D eigenvalue weighted by atomic mass is 16.3. The van der Waals surface area contributed by atoms with Crippen molar-refractivity contribution in [2.45, 2.75) is 19.4 Å². The van der Waals surface area contributed by atoms with E-state index in [1.807, 2.05) is 36.5 Å². The molecule has 1 aromatic heterocycles. The first-order valence-corrected chi connectivity index (χ1v) is 4.90. The van der Waals surface area contributed by atoms with E-state index < -0.39 is 0 Å². The monoisotopic (exact) mass is 203 g/mol. The number of hydrogen-bond acceptors (Lipinski definition) is 3. The van der Waals surface area contributed by atoms with Gasteiger partial charge in [-0.1, -0.05) is 23.4 Å². The zero-order chi connectivity index (χ0) is 10.7. The van der Waals surface area contributed by atoms with Crippen molar-refractivity contribution in [1.82, 2.24) is 15.0 Å². The fourth-order valence-electron chi connectivity index (χ4n) is 1.40. The molecule has 4 nitrogen and oxygen atoms in total. The molecule has 0 fully saturated rings. The van der Waals surface area contributed by atoms with Crippen molar-refractivity contribution in [3.63, 3.8) is 0 Å². The number of nitrogens with zero attached hydrogens (tertiary/aromatic N) is 3. The Morgan fingerprint density at radius 1 is 1.33 bits per heavy atom. The van der Waals surface area contributed by atoms with Gasteiger partial charge < -0.3 is 5.11 Å². The van der Waals surface area contributed by atoms with Gasteiger partial charge in [0.2, 0.25) is 0 Å². The van der Waals surface area contributed by atoms with E-state index >= 15 is 0 Å². The molecule has 1 unspecified atom stereocenters. The Bertz CT molecular complexity index is 422. The van der Waals surface area contributed by atoms with Crippen molar-refractivity contribution in [1.29, 1.82) is 0 Å². The number of aliphatic hydroxyl groups is 1. The summed E-state index contributed by atoms with van der Waals surface area (Å²) in [6.07, 6.45) is 1.99. The molecule has 0 aliphatic heterocycles. The fraction of sp³-hybridized carbons (Fsp3) is 0.273. The molecular formula is C11H13N3O. The molecule has 78 valence electrons. The third kappa shape index (κ3) is 2.41. The summed E-state index contributed by atoms with van der Waals surface area (Å²) in [4.78, 5) is 0. The first kappa shape index (κ1) is 9.86. The molecule has 0 radical (unpaired) electrons. The smallest absolute Gasteiger partial charge is 0.0857 e. The summed E-state index contributed by atoms with van der Waals surface area (Å²) in [5.74, 6) is 0. The Balaban J connectivity index is 2.21. The van der Waals surface area contributed by atoms with Gasteiger partial charge in [-0.25, -0.2) is 4.68 Å². The van der Waals surface area contributed by atoms with Crippen LogP contribution in [0.25, 0.3) is 5.69 Å². The van der Waals surface area contributed by atoms with Crippen molar-refractivity contribution in [3.8, 4) is 5.69 Å². The highest BCUT2D eigenvalue weighted by Crippen LogP contribution is 2.06. The predicted molar refractivity (Wildman–Crippen MR) is 56.7 cm³/mol. The minimum atomic E-state index is -0.383. The third-order valence-corrected chi connectivity index (χ3v) is 2.07. The summed E-state index contributed by atoms with van der Waals surface area (Å²) < 4.78 is 1.71. The van der Waals surface area contributed by atoms with E-state index in [0.717, 1.165) is 11.4 Å². The van der Waals surface area contributed by atoms with Gasteiger partial charge in [-0.3, -0.25) is 0 Å². The fourth-order valence-corrected chi connectivity index (χ4v) is 1.40. The highest BCUT2D eigenvalue weighted by molar-refractivity contribution is 5.29. The number of benzene rings is 1. The Kier molecular flexibility index (Phi) is 2.78. The molecular weight excluding hydrogens is 190 g/mol. The van der Waals surface area contributed by atoms with Gasteiger partial charge in [-0.05, 0) is 19.1 Å². The molecule has 1 aromatic carbocycles. The molecule has 0 saturated heterocycles. The van der Waals surface area contributed by atoms with Crippen LogP contribution in [-0.2, 0) is 6.42 Å². The lowest BCUT2D eigenvalue weighted by atomic mass is 10.2. The second kappa shape index (κ2) is 4.23. The minimum Gasteiger partial charge on any atom is -0.393 e. The molecule has 0 aliphatic rings. The van der Waals surface area contributed by atoms with E-state index in [9.17, 15) is 5.11 Å². The van der Waals surface area contributed by atoms with E-state index in [1.54, 1.807) is 11.6 Å². The molecule has 1 heterocycles. The molecule has 1 N–H and O–H groups in total. The normalized spacial score (nSPS) is 12.7. The van der Waals surface area contributed by atoms with Crippen molar-refractivity contribution >= 4 is 0 Å². The summed E-state index contributed by atoms with van der Waals surface area (Å²) in [6, 6.07) is 9.77. The van der Waals surface area contributed by atoms with Crippen LogP contribution in [0.15, 0.2) is 36.5 Å². The number of para-hydroxylation sites is 1. The first-order chi connectivity index (χ1) is 7.25. The average molecular weight is 203 g/mol. The Labute approximate surface area is 88.2 Å². The summed E-state index contributed by atoms with van der Waals surface area (Å²) in [6.45, 7) is 1.74. The molecule has 2 rings (SSSR count). The summed E-state index contributed by atoms with van der Waals surface area (Å²) >= 11 is 0. The maximum Gasteiger partial charge on any atom is 0.0857 e. The lowest BCUT2D eigenvalue weighted by Crippen LogP contribution is -2.04. The van der Waals surface area contributed by atoms with E-state index in [1.165, 1.54) is 0 Å². The number of rotatable bonds is 3. The zero-order valence-electron chi connectivity index (χ0n) is 8.54. The first-order valence-electron chi connectivity index (χ1n) is 4.90. The van der Waals surface area contributed by atoms with Crippen LogP contribution in [-0.4, -0.2) is 26.2 Å². The van der Waals surface area contributed by atoms with E-state index in [0.29, 0.717) is 6.42 Å². The van der Waals surface area contributed by atoms with Gasteiger partial charge in [-0.2, -0.15) is 0 Å². The summed E-state index contributed by atoms with van der Waals surface area (Å²) in [5.41, 5.74) is 1.77. The number of hydrogen-bond donors (Lipinski definition) is 1. The zero-order valence-corrected chi connectivity index (χ0v) is 8.54. The van der Waals surface area contributed by atoms with Gasteiger partial charge in [0.05, 0.1) is 23.7 Å². The molecule has 0 saturated carbocycles. The average Bonchev–Trinajstić information content (AvgIpc) is 2.67. The molecule has 4 heteroatoms. The highest BCUT2D eigenvalue weighted by Gasteiger charge is 2.04. The van der Waals surface area contributed by atoms with Crippen LogP contribution < -0.4 is 0 Å². The van der Waals surface area contributed by atoms with Gasteiger partial charge in [0.15, 0.2) is 0 Å². The van der Waals surface area contributed by atoms with E-state index in [4.69, 9.17) is 0 Å². The van der Waals surface area contributed by atoms with E-state index in [2.05, 4.69) is 10.3 Å². The van der Waals surface area contributed by atoms with Crippen LogP contribution >= 0.6 is 0 Å². The minimum absolute atomic E-state index is 0.383. The van der Waals surface area contributed by atoms with Crippen LogP contribution in [0.3, 0.4) is 0 Å². The Hall–Kier alpha value is -1.68. The van der Waals surface area contributed by atoms with E-state index in [-0.39, 0.29) is 6.10 Å². The largest absolute Gasteiger partial charge is 0.393 e. The molecule has 0 spiro atoms. The lowest BCUT2D eigenvalue weighted by Gasteiger charge is -1.98. The van der Waals surface area contributed by atoms with Gasteiger partial charge in [0, 0.05) is 6.42 Å².